The number of rotatable bonds is 6. The molecule has 0 aliphatic carbocycles. The lowest BCUT2D eigenvalue weighted by atomic mass is 9.96. The highest BCUT2D eigenvalue weighted by Crippen LogP contribution is 2.26. The third-order valence-corrected chi connectivity index (χ3v) is 7.00. The number of carbonyl (C=O) groups is 3. The molecule has 2 saturated heterocycles. The second kappa shape index (κ2) is 9.64. The molecule has 0 radical (unpaired) electrons. The summed E-state index contributed by atoms with van der Waals surface area (Å²) in [5, 5.41) is 4.84. The van der Waals surface area contributed by atoms with Gasteiger partial charge in [0.1, 0.15) is 6.04 Å². The standard InChI is InChI=1S/C24H29N3O3S/c1-2-11-26-12-13-27(24(30)20-9-10-22(28)25-20)16-19(23(26)29)15-17-5-7-18(8-6-17)21-4-3-14-31-21/h3-8,14,19-20H,2,9-13,15-16H2,1H3,(H,25,28)/t19-,20+/m0/s1. The van der Waals surface area contributed by atoms with Gasteiger partial charge >= 0.3 is 0 Å². The van der Waals surface area contributed by atoms with Crippen LogP contribution >= 0.6 is 11.3 Å². The molecular weight excluding hydrogens is 410 g/mol. The Balaban J connectivity index is 1.50. The minimum absolute atomic E-state index is 0.0601. The summed E-state index contributed by atoms with van der Waals surface area (Å²) in [4.78, 5) is 42.8. The van der Waals surface area contributed by atoms with Crippen LogP contribution in [0.25, 0.3) is 10.4 Å². The summed E-state index contributed by atoms with van der Waals surface area (Å²) in [6.45, 7) is 4.23. The highest BCUT2D eigenvalue weighted by atomic mass is 32.1. The number of carbonyl (C=O) groups excluding carboxylic acids is 3. The number of nitrogens with one attached hydrogen (secondary N) is 1. The summed E-state index contributed by atoms with van der Waals surface area (Å²) >= 11 is 1.71. The van der Waals surface area contributed by atoms with Crippen LogP contribution in [0.1, 0.15) is 31.7 Å². The number of amides is 3. The van der Waals surface area contributed by atoms with Crippen molar-refractivity contribution in [1.82, 2.24) is 15.1 Å². The zero-order chi connectivity index (χ0) is 21.8. The Labute approximate surface area is 187 Å². The number of thiophene rings is 1. The van der Waals surface area contributed by atoms with Gasteiger partial charge in [0.15, 0.2) is 0 Å². The van der Waals surface area contributed by atoms with Gasteiger partial charge < -0.3 is 15.1 Å². The molecule has 2 atom stereocenters. The Bertz CT molecular complexity index is 926. The van der Waals surface area contributed by atoms with Crippen LogP contribution in [0.3, 0.4) is 0 Å². The monoisotopic (exact) mass is 439 g/mol. The van der Waals surface area contributed by atoms with Crippen LogP contribution in [-0.4, -0.2) is 59.7 Å². The van der Waals surface area contributed by atoms with Gasteiger partial charge in [-0.3, -0.25) is 14.4 Å². The molecule has 2 aliphatic rings. The minimum Gasteiger partial charge on any atom is -0.344 e. The Kier molecular flexibility index (Phi) is 6.70. The molecule has 0 bridgehead atoms. The first-order valence-electron chi connectivity index (χ1n) is 11.0. The first-order chi connectivity index (χ1) is 15.0. The molecule has 2 fully saturated rings. The first kappa shape index (κ1) is 21.6. The van der Waals surface area contributed by atoms with E-state index >= 15 is 0 Å². The number of nitrogens with zero attached hydrogens (tertiary/aromatic N) is 2. The van der Waals surface area contributed by atoms with E-state index in [1.165, 1.54) is 10.4 Å². The fourth-order valence-corrected chi connectivity index (χ4v) is 5.17. The van der Waals surface area contributed by atoms with E-state index in [0.717, 1.165) is 12.0 Å². The van der Waals surface area contributed by atoms with Crippen molar-refractivity contribution < 1.29 is 14.4 Å². The Morgan fingerprint density at radius 3 is 2.61 bits per heavy atom. The molecule has 1 N–H and O–H groups in total. The Morgan fingerprint density at radius 2 is 1.97 bits per heavy atom. The van der Waals surface area contributed by atoms with E-state index in [1.54, 1.807) is 16.2 Å². The van der Waals surface area contributed by atoms with Crippen molar-refractivity contribution in [3.05, 3.63) is 47.3 Å². The van der Waals surface area contributed by atoms with Gasteiger partial charge in [-0.25, -0.2) is 0 Å². The first-order valence-corrected chi connectivity index (χ1v) is 11.9. The second-order valence-electron chi connectivity index (χ2n) is 8.34. The number of hydrogen-bond donors (Lipinski definition) is 1. The summed E-state index contributed by atoms with van der Waals surface area (Å²) in [6, 6.07) is 12.1. The molecule has 4 rings (SSSR count). The third-order valence-electron chi connectivity index (χ3n) is 6.08. The summed E-state index contributed by atoms with van der Waals surface area (Å²) < 4.78 is 0. The molecule has 2 aromatic rings. The van der Waals surface area contributed by atoms with Gasteiger partial charge in [-0.2, -0.15) is 0 Å². The maximum Gasteiger partial charge on any atom is 0.245 e. The van der Waals surface area contributed by atoms with Crippen LogP contribution in [0.5, 0.6) is 0 Å². The summed E-state index contributed by atoms with van der Waals surface area (Å²) in [6.07, 6.45) is 2.42. The smallest absolute Gasteiger partial charge is 0.245 e. The van der Waals surface area contributed by atoms with Gasteiger partial charge in [0, 0.05) is 37.5 Å². The van der Waals surface area contributed by atoms with E-state index in [0.29, 0.717) is 45.4 Å². The topological polar surface area (TPSA) is 69.7 Å². The predicted octanol–water partition coefficient (Wildman–Crippen LogP) is 2.93. The normalized spacial score (nSPS) is 21.8. The molecule has 3 heterocycles. The fraction of sp³-hybridized carbons (Fsp3) is 0.458. The van der Waals surface area contributed by atoms with Crippen LogP contribution < -0.4 is 5.32 Å². The van der Waals surface area contributed by atoms with Gasteiger partial charge in [0.25, 0.3) is 0 Å². The number of hydrogen-bond acceptors (Lipinski definition) is 4. The van der Waals surface area contributed by atoms with Crippen molar-refractivity contribution in [1.29, 1.82) is 0 Å². The molecule has 0 saturated carbocycles. The molecule has 3 amide bonds. The molecule has 0 unspecified atom stereocenters. The molecular formula is C24H29N3O3S. The van der Waals surface area contributed by atoms with Crippen molar-refractivity contribution in [2.45, 2.75) is 38.6 Å². The maximum atomic E-state index is 13.3. The van der Waals surface area contributed by atoms with Gasteiger partial charge in [-0.05, 0) is 41.8 Å². The highest BCUT2D eigenvalue weighted by Gasteiger charge is 2.36. The maximum absolute atomic E-state index is 13.3. The van der Waals surface area contributed by atoms with E-state index in [9.17, 15) is 14.4 Å². The summed E-state index contributed by atoms with van der Waals surface area (Å²) in [7, 11) is 0. The SMILES string of the molecule is CCCN1CCN(C(=O)[C@H]2CCC(=O)N2)C[C@H](Cc2ccc(-c3cccs3)cc2)C1=O. The zero-order valence-electron chi connectivity index (χ0n) is 17.9. The summed E-state index contributed by atoms with van der Waals surface area (Å²) in [5.41, 5.74) is 2.27. The fourth-order valence-electron chi connectivity index (χ4n) is 4.44. The van der Waals surface area contributed by atoms with Gasteiger partial charge in [-0.15, -0.1) is 11.3 Å². The van der Waals surface area contributed by atoms with E-state index in [1.807, 2.05) is 11.0 Å². The van der Waals surface area contributed by atoms with Crippen molar-refractivity contribution in [2.24, 2.45) is 5.92 Å². The van der Waals surface area contributed by atoms with E-state index in [2.05, 4.69) is 48.0 Å². The Hall–Kier alpha value is -2.67. The van der Waals surface area contributed by atoms with Gasteiger partial charge in [-0.1, -0.05) is 37.3 Å². The lowest BCUT2D eigenvalue weighted by Crippen LogP contribution is -2.46. The van der Waals surface area contributed by atoms with Crippen LogP contribution in [0.4, 0.5) is 0 Å². The average Bonchev–Trinajstić information content (AvgIpc) is 3.44. The quantitative estimate of drug-likeness (QED) is 0.752. The Morgan fingerprint density at radius 1 is 1.16 bits per heavy atom. The highest BCUT2D eigenvalue weighted by molar-refractivity contribution is 7.13. The molecule has 0 spiro atoms. The van der Waals surface area contributed by atoms with Crippen LogP contribution in [0.15, 0.2) is 41.8 Å². The lowest BCUT2D eigenvalue weighted by molar-refractivity contribution is -0.136. The molecule has 1 aromatic heterocycles. The lowest BCUT2D eigenvalue weighted by Gasteiger charge is -2.26. The second-order valence-corrected chi connectivity index (χ2v) is 9.29. The van der Waals surface area contributed by atoms with E-state index < -0.39 is 6.04 Å². The zero-order valence-corrected chi connectivity index (χ0v) is 18.7. The third kappa shape index (κ3) is 4.98. The van der Waals surface area contributed by atoms with Crippen molar-refractivity contribution in [3.63, 3.8) is 0 Å². The number of benzene rings is 1. The van der Waals surface area contributed by atoms with Crippen LogP contribution in [0.2, 0.25) is 0 Å². The van der Waals surface area contributed by atoms with Crippen LogP contribution in [0, 0.1) is 5.92 Å². The largest absolute Gasteiger partial charge is 0.344 e. The van der Waals surface area contributed by atoms with E-state index in [-0.39, 0.29) is 23.6 Å². The summed E-state index contributed by atoms with van der Waals surface area (Å²) in [5.74, 6) is -0.285. The molecule has 31 heavy (non-hydrogen) atoms. The van der Waals surface area contributed by atoms with Crippen molar-refractivity contribution in [3.8, 4) is 10.4 Å². The molecule has 7 heteroatoms. The molecule has 2 aliphatic heterocycles. The van der Waals surface area contributed by atoms with Crippen molar-refractivity contribution >= 4 is 29.1 Å². The van der Waals surface area contributed by atoms with Crippen LogP contribution in [-0.2, 0) is 20.8 Å². The molecule has 6 nitrogen and oxygen atoms in total. The molecule has 164 valence electrons. The van der Waals surface area contributed by atoms with Gasteiger partial charge in [0.2, 0.25) is 17.7 Å². The average molecular weight is 440 g/mol. The van der Waals surface area contributed by atoms with Crippen molar-refractivity contribution in [2.75, 3.05) is 26.2 Å². The minimum atomic E-state index is -0.453. The van der Waals surface area contributed by atoms with Gasteiger partial charge in [0.05, 0.1) is 5.92 Å². The molecule has 1 aromatic carbocycles. The predicted molar refractivity (Wildman–Crippen MR) is 122 cm³/mol. The van der Waals surface area contributed by atoms with E-state index in [4.69, 9.17) is 0 Å².